The molecule has 0 aliphatic carbocycles. The molecule has 2 heterocycles. The first kappa shape index (κ1) is 13.6. The zero-order valence-corrected chi connectivity index (χ0v) is 11.9. The molecule has 108 valence electrons. The fraction of sp³-hybridized carbons (Fsp3) is 0.562. The second-order valence-electron chi connectivity index (χ2n) is 5.87. The maximum Gasteiger partial charge on any atom is 0.227 e. The molecule has 0 radical (unpaired) electrons. The molecule has 2 saturated heterocycles. The molecule has 0 saturated carbocycles. The van der Waals surface area contributed by atoms with E-state index >= 15 is 0 Å². The van der Waals surface area contributed by atoms with Crippen molar-refractivity contribution in [1.29, 1.82) is 0 Å². The molecule has 0 spiro atoms. The van der Waals surface area contributed by atoms with E-state index in [1.165, 1.54) is 19.4 Å². The summed E-state index contributed by atoms with van der Waals surface area (Å²) in [6, 6.07) is 8.67. The molecule has 0 aromatic heterocycles. The molecule has 4 nitrogen and oxygen atoms in total. The van der Waals surface area contributed by atoms with Crippen molar-refractivity contribution < 1.29 is 4.79 Å². The van der Waals surface area contributed by atoms with Gasteiger partial charge in [-0.3, -0.25) is 9.69 Å². The Morgan fingerprint density at radius 1 is 1.15 bits per heavy atom. The summed E-state index contributed by atoms with van der Waals surface area (Å²) in [6.07, 6.45) is 3.04. The lowest BCUT2D eigenvalue weighted by atomic mass is 10.1. The summed E-state index contributed by atoms with van der Waals surface area (Å²) < 4.78 is 0. The second kappa shape index (κ2) is 5.94. The molecule has 1 aromatic carbocycles. The molecule has 3 rings (SSSR count). The molecule has 2 aliphatic rings. The van der Waals surface area contributed by atoms with Crippen LogP contribution in [-0.2, 0) is 17.8 Å². The number of hydrogen-bond acceptors (Lipinski definition) is 3. The fourth-order valence-electron chi connectivity index (χ4n) is 3.30. The van der Waals surface area contributed by atoms with Gasteiger partial charge in [0.2, 0.25) is 5.91 Å². The van der Waals surface area contributed by atoms with Gasteiger partial charge in [0.05, 0.1) is 6.42 Å². The fourth-order valence-corrected chi connectivity index (χ4v) is 3.30. The summed E-state index contributed by atoms with van der Waals surface area (Å²) in [5, 5.41) is 0. The molecule has 1 unspecified atom stereocenters. The lowest BCUT2D eigenvalue weighted by Gasteiger charge is -2.37. The van der Waals surface area contributed by atoms with Crippen LogP contribution in [0.5, 0.6) is 0 Å². The number of carbonyl (C=O) groups is 1. The highest BCUT2D eigenvalue weighted by atomic mass is 16.2. The van der Waals surface area contributed by atoms with Crippen molar-refractivity contribution in [3.8, 4) is 0 Å². The number of hydrogen-bond donors (Lipinski definition) is 1. The first-order chi connectivity index (χ1) is 9.76. The number of fused-ring (bicyclic) bond motifs is 1. The summed E-state index contributed by atoms with van der Waals surface area (Å²) in [5.41, 5.74) is 7.78. The zero-order valence-electron chi connectivity index (χ0n) is 11.9. The summed E-state index contributed by atoms with van der Waals surface area (Å²) in [5.74, 6) is 0.261. The minimum atomic E-state index is 0.261. The van der Waals surface area contributed by atoms with Gasteiger partial charge >= 0.3 is 0 Å². The van der Waals surface area contributed by atoms with E-state index in [9.17, 15) is 4.79 Å². The third-order valence-corrected chi connectivity index (χ3v) is 4.55. The van der Waals surface area contributed by atoms with E-state index in [4.69, 9.17) is 5.73 Å². The van der Waals surface area contributed by atoms with Crippen LogP contribution in [0.15, 0.2) is 24.3 Å². The van der Waals surface area contributed by atoms with Crippen LogP contribution in [0.1, 0.15) is 24.0 Å². The molecule has 1 atom stereocenters. The normalized spacial score (nSPS) is 22.9. The van der Waals surface area contributed by atoms with E-state index in [0.717, 1.165) is 30.8 Å². The van der Waals surface area contributed by atoms with Crippen LogP contribution in [0.2, 0.25) is 0 Å². The van der Waals surface area contributed by atoms with Crippen LogP contribution in [-0.4, -0.2) is 47.9 Å². The van der Waals surface area contributed by atoms with Gasteiger partial charge in [0.15, 0.2) is 0 Å². The highest BCUT2D eigenvalue weighted by Crippen LogP contribution is 2.21. The number of rotatable bonds is 3. The van der Waals surface area contributed by atoms with Crippen molar-refractivity contribution in [3.63, 3.8) is 0 Å². The second-order valence-corrected chi connectivity index (χ2v) is 5.87. The van der Waals surface area contributed by atoms with Gasteiger partial charge in [0.25, 0.3) is 0 Å². The smallest absolute Gasteiger partial charge is 0.227 e. The standard InChI is InChI=1S/C16H23N3O/c17-11-14-5-3-13(4-6-14)10-16(20)19-9-8-18-7-1-2-15(18)12-19/h3-6,15H,1-2,7-12,17H2. The largest absolute Gasteiger partial charge is 0.340 e. The quantitative estimate of drug-likeness (QED) is 0.893. The third kappa shape index (κ3) is 2.86. The molecule has 20 heavy (non-hydrogen) atoms. The van der Waals surface area contributed by atoms with E-state index in [-0.39, 0.29) is 5.91 Å². The summed E-state index contributed by atoms with van der Waals surface area (Å²) in [7, 11) is 0. The van der Waals surface area contributed by atoms with Gasteiger partial charge in [-0.25, -0.2) is 0 Å². The van der Waals surface area contributed by atoms with Crippen LogP contribution >= 0.6 is 0 Å². The van der Waals surface area contributed by atoms with E-state index < -0.39 is 0 Å². The van der Waals surface area contributed by atoms with Crippen molar-refractivity contribution >= 4 is 5.91 Å². The van der Waals surface area contributed by atoms with Crippen LogP contribution in [0, 0.1) is 0 Å². The molecule has 1 amide bonds. The highest BCUT2D eigenvalue weighted by molar-refractivity contribution is 5.79. The van der Waals surface area contributed by atoms with Crippen LogP contribution in [0.3, 0.4) is 0 Å². The summed E-state index contributed by atoms with van der Waals surface area (Å²) in [6.45, 7) is 4.61. The van der Waals surface area contributed by atoms with Gasteiger partial charge in [-0.05, 0) is 30.5 Å². The Balaban J connectivity index is 1.58. The van der Waals surface area contributed by atoms with Crippen LogP contribution < -0.4 is 5.73 Å². The maximum absolute atomic E-state index is 12.4. The number of benzene rings is 1. The van der Waals surface area contributed by atoms with Crippen LogP contribution in [0.4, 0.5) is 0 Å². The average Bonchev–Trinajstić information content (AvgIpc) is 2.95. The molecule has 4 heteroatoms. The highest BCUT2D eigenvalue weighted by Gasteiger charge is 2.32. The minimum absolute atomic E-state index is 0.261. The Bertz CT molecular complexity index is 471. The Labute approximate surface area is 120 Å². The van der Waals surface area contributed by atoms with E-state index in [1.807, 2.05) is 29.2 Å². The number of nitrogens with zero attached hydrogens (tertiary/aromatic N) is 2. The van der Waals surface area contributed by atoms with E-state index in [1.54, 1.807) is 0 Å². The van der Waals surface area contributed by atoms with Crippen LogP contribution in [0.25, 0.3) is 0 Å². The first-order valence-electron chi connectivity index (χ1n) is 7.56. The van der Waals surface area contributed by atoms with Gasteiger partial charge in [0.1, 0.15) is 0 Å². The molecule has 0 bridgehead atoms. The Hall–Kier alpha value is -1.39. The van der Waals surface area contributed by atoms with Crippen molar-refractivity contribution in [2.24, 2.45) is 5.73 Å². The van der Waals surface area contributed by atoms with Crippen molar-refractivity contribution in [2.75, 3.05) is 26.2 Å². The van der Waals surface area contributed by atoms with Crippen molar-refractivity contribution in [3.05, 3.63) is 35.4 Å². The summed E-state index contributed by atoms with van der Waals surface area (Å²) >= 11 is 0. The molecular weight excluding hydrogens is 250 g/mol. The lowest BCUT2D eigenvalue weighted by Crippen LogP contribution is -2.52. The Morgan fingerprint density at radius 2 is 1.90 bits per heavy atom. The lowest BCUT2D eigenvalue weighted by molar-refractivity contribution is -0.133. The number of nitrogens with two attached hydrogens (primary N) is 1. The first-order valence-corrected chi connectivity index (χ1v) is 7.56. The molecule has 1 aromatic rings. The molecule has 2 N–H and O–H groups in total. The van der Waals surface area contributed by atoms with Crippen molar-refractivity contribution in [2.45, 2.75) is 31.8 Å². The predicted octanol–water partition coefficient (Wildman–Crippen LogP) is 0.994. The molecular formula is C16H23N3O. The number of piperazine rings is 1. The SMILES string of the molecule is NCc1ccc(CC(=O)N2CCN3CCCC3C2)cc1. The summed E-state index contributed by atoms with van der Waals surface area (Å²) in [4.78, 5) is 17.0. The Morgan fingerprint density at radius 3 is 2.65 bits per heavy atom. The van der Waals surface area contributed by atoms with Gasteiger partial charge in [-0.2, -0.15) is 0 Å². The van der Waals surface area contributed by atoms with Gasteiger partial charge < -0.3 is 10.6 Å². The Kier molecular flexibility index (Phi) is 4.03. The van der Waals surface area contributed by atoms with Gasteiger partial charge in [-0.15, -0.1) is 0 Å². The molecule has 2 fully saturated rings. The van der Waals surface area contributed by atoms with E-state index in [0.29, 0.717) is 19.0 Å². The van der Waals surface area contributed by atoms with Gasteiger partial charge in [0, 0.05) is 32.2 Å². The maximum atomic E-state index is 12.4. The number of carbonyl (C=O) groups excluding carboxylic acids is 1. The monoisotopic (exact) mass is 273 g/mol. The number of amides is 1. The predicted molar refractivity (Wildman–Crippen MR) is 79.2 cm³/mol. The average molecular weight is 273 g/mol. The zero-order chi connectivity index (χ0) is 13.9. The van der Waals surface area contributed by atoms with E-state index in [2.05, 4.69) is 4.90 Å². The minimum Gasteiger partial charge on any atom is -0.340 e. The van der Waals surface area contributed by atoms with Crippen molar-refractivity contribution in [1.82, 2.24) is 9.80 Å². The molecule has 2 aliphatic heterocycles. The topological polar surface area (TPSA) is 49.6 Å². The van der Waals surface area contributed by atoms with Gasteiger partial charge in [-0.1, -0.05) is 24.3 Å². The third-order valence-electron chi connectivity index (χ3n) is 4.55.